The van der Waals surface area contributed by atoms with E-state index >= 15 is 0 Å². The summed E-state index contributed by atoms with van der Waals surface area (Å²) in [6.07, 6.45) is 3.28. The Morgan fingerprint density at radius 2 is 2.11 bits per heavy atom. The van der Waals surface area contributed by atoms with Crippen molar-refractivity contribution in [3.05, 3.63) is 48.7 Å². The minimum Gasteiger partial charge on any atom is -0.469 e. The van der Waals surface area contributed by atoms with E-state index in [9.17, 15) is 4.79 Å². The number of hydrogen-bond acceptors (Lipinski definition) is 3. The predicted molar refractivity (Wildman–Crippen MR) is 73.1 cm³/mol. The molecule has 0 saturated heterocycles. The maximum atomic E-state index is 11.4. The molecule has 2 unspecified atom stereocenters. The van der Waals surface area contributed by atoms with Gasteiger partial charge in [-0.05, 0) is 24.6 Å². The molecule has 0 fully saturated rings. The summed E-state index contributed by atoms with van der Waals surface area (Å²) in [7, 11) is 1.42. The second-order valence-corrected chi connectivity index (χ2v) is 4.42. The van der Waals surface area contributed by atoms with Crippen LogP contribution in [0.3, 0.4) is 0 Å². The fourth-order valence-electron chi connectivity index (χ4n) is 2.00. The lowest BCUT2D eigenvalue weighted by atomic mass is 9.96. The van der Waals surface area contributed by atoms with E-state index in [4.69, 9.17) is 4.74 Å². The van der Waals surface area contributed by atoms with Crippen LogP contribution in [0.2, 0.25) is 0 Å². The van der Waals surface area contributed by atoms with Gasteiger partial charge >= 0.3 is 5.97 Å². The van der Waals surface area contributed by atoms with E-state index in [0.717, 1.165) is 12.8 Å². The highest BCUT2D eigenvalue weighted by atomic mass is 16.5. The van der Waals surface area contributed by atoms with Crippen molar-refractivity contribution in [1.29, 1.82) is 0 Å². The van der Waals surface area contributed by atoms with Crippen LogP contribution in [-0.2, 0) is 16.0 Å². The van der Waals surface area contributed by atoms with Crippen LogP contribution in [0, 0.1) is 5.92 Å². The highest BCUT2D eigenvalue weighted by Gasteiger charge is 2.18. The fourth-order valence-corrected chi connectivity index (χ4v) is 2.00. The highest BCUT2D eigenvalue weighted by Crippen LogP contribution is 2.12. The molecule has 0 aliphatic carbocycles. The van der Waals surface area contributed by atoms with Gasteiger partial charge in [0.1, 0.15) is 0 Å². The SMILES string of the molecule is C=CNC(Cc1ccccc1)CC(C)C(=O)OC. The molecule has 0 aliphatic heterocycles. The van der Waals surface area contributed by atoms with E-state index in [1.54, 1.807) is 6.20 Å². The smallest absolute Gasteiger partial charge is 0.308 e. The Bertz CT molecular complexity index is 375. The maximum absolute atomic E-state index is 11.4. The standard InChI is InChI=1S/C15H21NO2/c1-4-16-14(10-12(2)15(17)18-3)11-13-8-6-5-7-9-13/h4-9,12,14,16H,1,10-11H2,2-3H3. The molecule has 3 nitrogen and oxygen atoms in total. The van der Waals surface area contributed by atoms with Crippen molar-refractivity contribution in [2.45, 2.75) is 25.8 Å². The number of carbonyl (C=O) groups excluding carboxylic acids is 1. The Hall–Kier alpha value is -1.77. The summed E-state index contributed by atoms with van der Waals surface area (Å²) in [6, 6.07) is 10.4. The van der Waals surface area contributed by atoms with Gasteiger partial charge in [0.15, 0.2) is 0 Å². The largest absolute Gasteiger partial charge is 0.469 e. The predicted octanol–water partition coefficient (Wildman–Crippen LogP) is 2.53. The summed E-state index contributed by atoms with van der Waals surface area (Å²) in [5, 5.41) is 3.20. The van der Waals surface area contributed by atoms with Crippen molar-refractivity contribution in [3.8, 4) is 0 Å². The molecule has 18 heavy (non-hydrogen) atoms. The van der Waals surface area contributed by atoms with Gasteiger partial charge in [0.05, 0.1) is 13.0 Å². The molecule has 0 spiro atoms. The topological polar surface area (TPSA) is 38.3 Å². The number of ether oxygens (including phenoxy) is 1. The molecule has 1 aromatic rings. The van der Waals surface area contributed by atoms with Crippen molar-refractivity contribution in [2.24, 2.45) is 5.92 Å². The maximum Gasteiger partial charge on any atom is 0.308 e. The van der Waals surface area contributed by atoms with Crippen molar-refractivity contribution in [2.75, 3.05) is 7.11 Å². The van der Waals surface area contributed by atoms with Crippen LogP contribution in [0.4, 0.5) is 0 Å². The summed E-state index contributed by atoms with van der Waals surface area (Å²) in [4.78, 5) is 11.4. The summed E-state index contributed by atoms with van der Waals surface area (Å²) in [5.74, 6) is -0.282. The molecule has 0 saturated carbocycles. The second-order valence-electron chi connectivity index (χ2n) is 4.42. The first kappa shape index (κ1) is 14.3. The average Bonchev–Trinajstić information content (AvgIpc) is 2.39. The fraction of sp³-hybridized carbons (Fsp3) is 0.400. The molecule has 0 heterocycles. The Morgan fingerprint density at radius 1 is 1.44 bits per heavy atom. The van der Waals surface area contributed by atoms with Crippen molar-refractivity contribution >= 4 is 5.97 Å². The van der Waals surface area contributed by atoms with Gasteiger partial charge in [0, 0.05) is 6.04 Å². The Labute approximate surface area is 109 Å². The second kappa shape index (κ2) is 7.54. The lowest BCUT2D eigenvalue weighted by Gasteiger charge is -2.20. The summed E-state index contributed by atoms with van der Waals surface area (Å²) >= 11 is 0. The molecule has 2 atom stereocenters. The van der Waals surface area contributed by atoms with Crippen molar-refractivity contribution in [3.63, 3.8) is 0 Å². The van der Waals surface area contributed by atoms with Crippen LogP contribution in [0.1, 0.15) is 18.9 Å². The molecule has 1 aromatic carbocycles. The lowest BCUT2D eigenvalue weighted by molar-refractivity contribution is -0.145. The quantitative estimate of drug-likeness (QED) is 0.752. The Kier molecular flexibility index (Phi) is 5.98. The molecule has 0 radical (unpaired) electrons. The molecule has 3 heteroatoms. The minimum atomic E-state index is -0.168. The van der Waals surface area contributed by atoms with Crippen LogP contribution < -0.4 is 5.32 Å². The van der Waals surface area contributed by atoms with Gasteiger partial charge in [0.2, 0.25) is 0 Å². The Balaban J connectivity index is 2.60. The van der Waals surface area contributed by atoms with Gasteiger partial charge in [-0.1, -0.05) is 43.8 Å². The monoisotopic (exact) mass is 247 g/mol. The lowest BCUT2D eigenvalue weighted by Crippen LogP contribution is -2.31. The zero-order chi connectivity index (χ0) is 13.4. The molecule has 0 amide bonds. The van der Waals surface area contributed by atoms with Crippen LogP contribution >= 0.6 is 0 Å². The van der Waals surface area contributed by atoms with E-state index in [0.29, 0.717) is 0 Å². The first-order valence-electron chi connectivity index (χ1n) is 6.16. The number of nitrogens with one attached hydrogen (secondary N) is 1. The average molecular weight is 247 g/mol. The summed E-state index contributed by atoms with van der Waals surface area (Å²) < 4.78 is 4.75. The number of esters is 1. The normalized spacial score (nSPS) is 13.4. The van der Waals surface area contributed by atoms with Gasteiger partial charge in [0.25, 0.3) is 0 Å². The van der Waals surface area contributed by atoms with E-state index in [1.165, 1.54) is 12.7 Å². The number of benzene rings is 1. The number of methoxy groups -OCH3 is 1. The molecular formula is C15H21NO2. The molecule has 1 N–H and O–H groups in total. The first-order chi connectivity index (χ1) is 8.67. The number of hydrogen-bond donors (Lipinski definition) is 1. The third-order valence-corrected chi connectivity index (χ3v) is 2.92. The van der Waals surface area contributed by atoms with E-state index < -0.39 is 0 Å². The molecule has 1 rings (SSSR count). The number of carbonyl (C=O) groups is 1. The third kappa shape index (κ3) is 4.62. The Morgan fingerprint density at radius 3 is 2.67 bits per heavy atom. The van der Waals surface area contributed by atoms with Gasteiger partial charge in [-0.25, -0.2) is 0 Å². The zero-order valence-electron chi connectivity index (χ0n) is 11.1. The molecule has 0 aromatic heterocycles. The molecule has 0 bridgehead atoms. The molecular weight excluding hydrogens is 226 g/mol. The van der Waals surface area contributed by atoms with Crippen LogP contribution in [0.25, 0.3) is 0 Å². The summed E-state index contributed by atoms with van der Waals surface area (Å²) in [5.41, 5.74) is 1.24. The van der Waals surface area contributed by atoms with Gasteiger partial charge < -0.3 is 10.1 Å². The van der Waals surface area contributed by atoms with Crippen LogP contribution in [0.5, 0.6) is 0 Å². The van der Waals surface area contributed by atoms with Crippen molar-refractivity contribution < 1.29 is 9.53 Å². The van der Waals surface area contributed by atoms with Gasteiger partial charge in [-0.2, -0.15) is 0 Å². The van der Waals surface area contributed by atoms with Gasteiger partial charge in [-0.3, -0.25) is 4.79 Å². The van der Waals surface area contributed by atoms with Crippen LogP contribution in [0.15, 0.2) is 43.1 Å². The minimum absolute atomic E-state index is 0.115. The summed E-state index contributed by atoms with van der Waals surface area (Å²) in [6.45, 7) is 5.57. The first-order valence-corrected chi connectivity index (χ1v) is 6.16. The molecule has 98 valence electrons. The van der Waals surface area contributed by atoms with Gasteiger partial charge in [-0.15, -0.1) is 0 Å². The number of rotatable bonds is 7. The third-order valence-electron chi connectivity index (χ3n) is 2.92. The van der Waals surface area contributed by atoms with Crippen LogP contribution in [-0.4, -0.2) is 19.1 Å². The highest BCUT2D eigenvalue weighted by molar-refractivity contribution is 5.71. The molecule has 0 aliphatic rings. The zero-order valence-corrected chi connectivity index (χ0v) is 11.1. The van der Waals surface area contributed by atoms with E-state index in [1.807, 2.05) is 25.1 Å². The van der Waals surface area contributed by atoms with Crippen molar-refractivity contribution in [1.82, 2.24) is 5.32 Å². The van der Waals surface area contributed by atoms with E-state index in [2.05, 4.69) is 24.0 Å². The van der Waals surface area contributed by atoms with E-state index in [-0.39, 0.29) is 17.9 Å².